The predicted octanol–water partition coefficient (Wildman–Crippen LogP) is 1.16. The Morgan fingerprint density at radius 1 is 1.00 bits per heavy atom. The van der Waals surface area contributed by atoms with Crippen LogP contribution in [-0.4, -0.2) is 14.6 Å². The molecular formula is C8H8N4. The van der Waals surface area contributed by atoms with E-state index in [1.54, 1.807) is 4.68 Å². The number of hydrogen-bond donors (Lipinski definition) is 3. The van der Waals surface area contributed by atoms with E-state index in [0.29, 0.717) is 0 Å². The van der Waals surface area contributed by atoms with Gasteiger partial charge in [-0.15, -0.1) is 0 Å². The van der Waals surface area contributed by atoms with Crippen LogP contribution in [0.15, 0.2) is 24.5 Å². The largest absolute Gasteiger partial charge is 0.358 e. The zero-order valence-electron chi connectivity index (χ0n) is 6.33. The Hall–Kier alpha value is -1.84. The summed E-state index contributed by atoms with van der Waals surface area (Å²) in [6.07, 6.45) is 3.77. The number of nitrogens with zero attached hydrogens (tertiary/aromatic N) is 1. The molecule has 0 bridgehead atoms. The first kappa shape index (κ1) is 5.77. The molecule has 0 aliphatic carbocycles. The van der Waals surface area contributed by atoms with E-state index in [2.05, 4.69) is 9.97 Å². The molecule has 3 heterocycles. The highest BCUT2D eigenvalue weighted by Gasteiger charge is 2.08. The number of nitrogens with one attached hydrogen (secondary N) is 2. The second kappa shape index (κ2) is 1.66. The zero-order valence-corrected chi connectivity index (χ0v) is 6.33. The standard InChI is InChI=1S/C8H8N4/c9-12-5-1-3-10-7(5)8-6(12)2-4-11-8/h1-4,10-11H,9H2. The van der Waals surface area contributed by atoms with Crippen LogP contribution < -0.4 is 5.84 Å². The van der Waals surface area contributed by atoms with Gasteiger partial charge in [-0.3, -0.25) is 4.68 Å². The van der Waals surface area contributed by atoms with Gasteiger partial charge in [-0.25, -0.2) is 0 Å². The van der Waals surface area contributed by atoms with Crippen LogP contribution in [0.4, 0.5) is 0 Å². The number of nitrogen functional groups attached to an aromatic ring is 1. The van der Waals surface area contributed by atoms with Crippen molar-refractivity contribution in [3.05, 3.63) is 24.5 Å². The van der Waals surface area contributed by atoms with Crippen molar-refractivity contribution in [1.29, 1.82) is 0 Å². The Morgan fingerprint density at radius 2 is 1.50 bits per heavy atom. The predicted molar refractivity (Wildman–Crippen MR) is 48.3 cm³/mol. The van der Waals surface area contributed by atoms with Crippen molar-refractivity contribution in [2.24, 2.45) is 0 Å². The highest BCUT2D eigenvalue weighted by atomic mass is 15.3. The molecule has 3 rings (SSSR count). The van der Waals surface area contributed by atoms with Gasteiger partial charge in [-0.1, -0.05) is 0 Å². The van der Waals surface area contributed by atoms with Crippen LogP contribution in [-0.2, 0) is 0 Å². The number of aromatic nitrogens is 3. The van der Waals surface area contributed by atoms with Crippen LogP contribution in [0.1, 0.15) is 0 Å². The fourth-order valence-corrected chi connectivity index (χ4v) is 1.65. The van der Waals surface area contributed by atoms with E-state index in [9.17, 15) is 0 Å². The molecular weight excluding hydrogens is 152 g/mol. The number of H-pyrrole nitrogens is 2. The lowest BCUT2D eigenvalue weighted by atomic mass is 10.4. The average Bonchev–Trinajstić information content (AvgIpc) is 2.72. The molecule has 3 aromatic rings. The van der Waals surface area contributed by atoms with Crippen molar-refractivity contribution in [3.8, 4) is 0 Å². The first-order valence-corrected chi connectivity index (χ1v) is 3.78. The maximum Gasteiger partial charge on any atom is 0.0902 e. The molecule has 4 N–H and O–H groups in total. The van der Waals surface area contributed by atoms with Gasteiger partial charge in [-0.2, -0.15) is 0 Å². The molecule has 0 aliphatic rings. The van der Waals surface area contributed by atoms with Gasteiger partial charge >= 0.3 is 0 Å². The number of nitrogens with two attached hydrogens (primary N) is 1. The molecule has 0 fully saturated rings. The second-order valence-electron chi connectivity index (χ2n) is 2.85. The van der Waals surface area contributed by atoms with Gasteiger partial charge in [0.1, 0.15) is 0 Å². The highest BCUT2D eigenvalue weighted by Crippen LogP contribution is 2.23. The summed E-state index contributed by atoms with van der Waals surface area (Å²) in [6.45, 7) is 0. The Kier molecular flexibility index (Phi) is 0.798. The fourth-order valence-electron chi connectivity index (χ4n) is 1.65. The number of fused-ring (bicyclic) bond motifs is 3. The van der Waals surface area contributed by atoms with Crippen molar-refractivity contribution >= 4 is 22.1 Å². The van der Waals surface area contributed by atoms with Crippen LogP contribution in [0.5, 0.6) is 0 Å². The Morgan fingerprint density at radius 3 is 2.00 bits per heavy atom. The molecule has 0 aliphatic heterocycles. The summed E-state index contributed by atoms with van der Waals surface area (Å²) in [6, 6.07) is 3.92. The monoisotopic (exact) mass is 160 g/mol. The topological polar surface area (TPSA) is 62.5 Å². The van der Waals surface area contributed by atoms with Crippen LogP contribution in [0, 0.1) is 0 Å². The molecule has 3 aromatic heterocycles. The van der Waals surface area contributed by atoms with Gasteiger partial charge in [0.15, 0.2) is 0 Å². The SMILES string of the molecule is Nn1c2cc[nH]c2c2[nH]ccc21. The number of rotatable bonds is 0. The van der Waals surface area contributed by atoms with Crippen LogP contribution >= 0.6 is 0 Å². The normalized spacial score (nSPS) is 11.7. The van der Waals surface area contributed by atoms with E-state index in [4.69, 9.17) is 5.84 Å². The summed E-state index contributed by atoms with van der Waals surface area (Å²) in [5.41, 5.74) is 4.18. The molecule has 0 atom stereocenters. The van der Waals surface area contributed by atoms with Gasteiger partial charge in [0.05, 0.1) is 22.1 Å². The van der Waals surface area contributed by atoms with Gasteiger partial charge in [0.25, 0.3) is 0 Å². The first-order valence-electron chi connectivity index (χ1n) is 3.78. The molecule has 4 heteroatoms. The van der Waals surface area contributed by atoms with Crippen molar-refractivity contribution < 1.29 is 0 Å². The Balaban J connectivity index is 2.76. The quantitative estimate of drug-likeness (QED) is 0.424. The minimum absolute atomic E-state index is 1.02. The molecule has 0 saturated heterocycles. The molecule has 60 valence electrons. The fraction of sp³-hybridized carbons (Fsp3) is 0. The van der Waals surface area contributed by atoms with E-state index in [0.717, 1.165) is 22.1 Å². The Bertz CT molecular complexity index is 491. The van der Waals surface area contributed by atoms with Crippen molar-refractivity contribution in [2.75, 3.05) is 5.84 Å². The van der Waals surface area contributed by atoms with Crippen molar-refractivity contribution in [2.45, 2.75) is 0 Å². The lowest BCUT2D eigenvalue weighted by molar-refractivity contribution is 1.12. The molecule has 0 spiro atoms. The molecule has 0 amide bonds. The highest BCUT2D eigenvalue weighted by molar-refractivity contribution is 6.03. The minimum atomic E-state index is 1.02. The summed E-state index contributed by atoms with van der Waals surface area (Å²) in [7, 11) is 0. The summed E-state index contributed by atoms with van der Waals surface area (Å²) < 4.78 is 1.68. The van der Waals surface area contributed by atoms with Gasteiger partial charge in [0, 0.05) is 12.4 Å². The zero-order chi connectivity index (χ0) is 8.13. The molecule has 0 aromatic carbocycles. The maximum absolute atomic E-state index is 5.84. The van der Waals surface area contributed by atoms with E-state index in [-0.39, 0.29) is 0 Å². The lowest BCUT2D eigenvalue weighted by Gasteiger charge is -1.90. The third kappa shape index (κ3) is 0.460. The third-order valence-electron chi connectivity index (χ3n) is 2.22. The molecule has 4 nitrogen and oxygen atoms in total. The smallest absolute Gasteiger partial charge is 0.0902 e. The molecule has 0 unspecified atom stereocenters. The summed E-state index contributed by atoms with van der Waals surface area (Å²) in [4.78, 5) is 6.27. The summed E-state index contributed by atoms with van der Waals surface area (Å²) in [5, 5.41) is 0. The van der Waals surface area contributed by atoms with Gasteiger partial charge < -0.3 is 15.8 Å². The molecule has 0 radical (unpaired) electrons. The minimum Gasteiger partial charge on any atom is -0.358 e. The van der Waals surface area contributed by atoms with E-state index < -0.39 is 0 Å². The van der Waals surface area contributed by atoms with Gasteiger partial charge in [-0.05, 0) is 12.1 Å². The molecule has 0 saturated carbocycles. The van der Waals surface area contributed by atoms with Crippen molar-refractivity contribution in [1.82, 2.24) is 14.6 Å². The van der Waals surface area contributed by atoms with Crippen LogP contribution in [0.2, 0.25) is 0 Å². The number of hydrogen-bond acceptors (Lipinski definition) is 1. The van der Waals surface area contributed by atoms with Gasteiger partial charge in [0.2, 0.25) is 0 Å². The number of aromatic amines is 2. The second-order valence-corrected chi connectivity index (χ2v) is 2.85. The van der Waals surface area contributed by atoms with Crippen LogP contribution in [0.3, 0.4) is 0 Å². The Labute approximate surface area is 67.9 Å². The van der Waals surface area contributed by atoms with E-state index in [1.165, 1.54) is 0 Å². The molecule has 12 heavy (non-hydrogen) atoms. The van der Waals surface area contributed by atoms with Crippen molar-refractivity contribution in [3.63, 3.8) is 0 Å². The summed E-state index contributed by atoms with van der Waals surface area (Å²) in [5.74, 6) is 5.84. The first-order chi connectivity index (χ1) is 5.88. The maximum atomic E-state index is 5.84. The van der Waals surface area contributed by atoms with E-state index >= 15 is 0 Å². The van der Waals surface area contributed by atoms with Crippen LogP contribution in [0.25, 0.3) is 22.1 Å². The average molecular weight is 160 g/mol. The summed E-state index contributed by atoms with van der Waals surface area (Å²) >= 11 is 0. The lowest BCUT2D eigenvalue weighted by Crippen LogP contribution is -2.05. The van der Waals surface area contributed by atoms with E-state index in [1.807, 2.05) is 24.5 Å². The third-order valence-corrected chi connectivity index (χ3v) is 2.22.